The second-order valence-electron chi connectivity index (χ2n) is 6.22. The quantitative estimate of drug-likeness (QED) is 0.393. The van der Waals surface area contributed by atoms with Crippen LogP contribution in [-0.2, 0) is 0 Å². The van der Waals surface area contributed by atoms with Gasteiger partial charge in [0.1, 0.15) is 12.1 Å². The van der Waals surface area contributed by atoms with E-state index in [2.05, 4.69) is 10.3 Å². The Morgan fingerprint density at radius 2 is 1.58 bits per heavy atom. The van der Waals surface area contributed by atoms with Crippen LogP contribution in [0.2, 0.25) is 0 Å². The summed E-state index contributed by atoms with van der Waals surface area (Å²) in [6, 6.07) is 22.8. The van der Waals surface area contributed by atoms with Crippen molar-refractivity contribution in [1.82, 2.24) is 9.55 Å². The fourth-order valence-corrected chi connectivity index (χ4v) is 2.94. The molecule has 4 aromatic rings. The number of aromatic nitrogens is 2. The largest absolute Gasteiger partial charge is 0.473 e. The lowest BCUT2D eigenvalue weighted by Gasteiger charge is -2.13. The van der Waals surface area contributed by atoms with E-state index in [0.717, 1.165) is 22.7 Å². The van der Waals surface area contributed by atoms with Gasteiger partial charge in [0.25, 0.3) is 5.56 Å². The number of hydrogen-bond acceptors (Lipinski definition) is 4. The third kappa shape index (κ3) is 5.95. The fraction of sp³-hybridized carbons (Fsp3) is 0.231. The maximum absolute atomic E-state index is 12.9. The number of rotatable bonds is 5. The molecule has 0 spiro atoms. The second-order valence-corrected chi connectivity index (χ2v) is 6.22. The number of anilines is 1. The average molecular weight is 418 g/mol. The molecule has 31 heavy (non-hydrogen) atoms. The van der Waals surface area contributed by atoms with E-state index in [9.17, 15) is 4.79 Å². The first kappa shape index (κ1) is 23.7. The number of benzene rings is 3. The van der Waals surface area contributed by atoms with Crippen LogP contribution in [0.15, 0.2) is 83.9 Å². The number of ether oxygens (including phenoxy) is 1. The van der Waals surface area contributed by atoms with Gasteiger partial charge in [-0.15, -0.1) is 0 Å². The van der Waals surface area contributed by atoms with Crippen LogP contribution >= 0.6 is 0 Å². The first-order valence-electron chi connectivity index (χ1n) is 10.7. The summed E-state index contributed by atoms with van der Waals surface area (Å²) in [6.45, 7) is 10.3. The van der Waals surface area contributed by atoms with Crippen LogP contribution in [0.3, 0.4) is 0 Å². The second kappa shape index (κ2) is 12.2. The van der Waals surface area contributed by atoms with Crippen molar-refractivity contribution in [2.24, 2.45) is 0 Å². The molecule has 0 bridgehead atoms. The lowest BCUT2D eigenvalue weighted by Crippen LogP contribution is -2.20. The maximum Gasteiger partial charge on any atom is 0.265 e. The summed E-state index contributed by atoms with van der Waals surface area (Å²) in [6.07, 6.45) is 1.58. The van der Waals surface area contributed by atoms with Crippen LogP contribution in [0, 0.1) is 6.92 Å². The lowest BCUT2D eigenvalue weighted by molar-refractivity contribution is 0.347. The number of nitrogens with zero attached hydrogens (tertiary/aromatic N) is 2. The maximum atomic E-state index is 12.9. The fourth-order valence-electron chi connectivity index (χ4n) is 2.94. The van der Waals surface area contributed by atoms with Crippen molar-refractivity contribution in [2.45, 2.75) is 34.6 Å². The minimum absolute atomic E-state index is 0.0821. The van der Waals surface area contributed by atoms with Gasteiger partial charge in [0.15, 0.2) is 6.73 Å². The van der Waals surface area contributed by atoms with E-state index in [1.807, 2.05) is 101 Å². The molecule has 5 nitrogen and oxygen atoms in total. The van der Waals surface area contributed by atoms with Crippen molar-refractivity contribution in [3.63, 3.8) is 0 Å². The number of para-hydroxylation sites is 2. The summed E-state index contributed by atoms with van der Waals surface area (Å²) in [7, 11) is 0. The van der Waals surface area contributed by atoms with Gasteiger partial charge in [-0.2, -0.15) is 0 Å². The highest BCUT2D eigenvalue weighted by Crippen LogP contribution is 2.19. The molecule has 3 aromatic carbocycles. The SMILES string of the molecule is CC.CC.Cc1ccc(NCOc2ccccc2)cc1-n1cnc2ccccc2c1=O. The number of nitrogens with one attached hydrogen (secondary N) is 1. The Balaban J connectivity index is 0.000000807. The van der Waals surface area contributed by atoms with E-state index >= 15 is 0 Å². The summed E-state index contributed by atoms with van der Waals surface area (Å²) >= 11 is 0. The molecule has 5 heteroatoms. The summed E-state index contributed by atoms with van der Waals surface area (Å²) in [4.78, 5) is 17.3. The summed E-state index contributed by atoms with van der Waals surface area (Å²) in [5.74, 6) is 0.798. The molecule has 162 valence electrons. The highest BCUT2D eigenvalue weighted by atomic mass is 16.5. The van der Waals surface area contributed by atoms with E-state index < -0.39 is 0 Å². The molecule has 0 amide bonds. The number of aryl methyl sites for hydroxylation is 1. The molecular formula is C26H31N3O2. The molecule has 0 saturated heterocycles. The van der Waals surface area contributed by atoms with Crippen molar-refractivity contribution in [2.75, 3.05) is 12.0 Å². The van der Waals surface area contributed by atoms with Crippen LogP contribution < -0.4 is 15.6 Å². The van der Waals surface area contributed by atoms with Gasteiger partial charge in [-0.3, -0.25) is 9.36 Å². The lowest BCUT2D eigenvalue weighted by atomic mass is 10.1. The van der Waals surface area contributed by atoms with E-state index in [1.165, 1.54) is 0 Å². The number of hydrogen-bond donors (Lipinski definition) is 1. The highest BCUT2D eigenvalue weighted by Gasteiger charge is 2.08. The highest BCUT2D eigenvalue weighted by molar-refractivity contribution is 5.77. The van der Waals surface area contributed by atoms with E-state index in [0.29, 0.717) is 17.6 Å². The molecule has 0 aliphatic rings. The minimum atomic E-state index is -0.0821. The van der Waals surface area contributed by atoms with Gasteiger partial charge in [0, 0.05) is 5.69 Å². The predicted octanol–water partition coefficient (Wildman–Crippen LogP) is 6.19. The molecular weight excluding hydrogens is 386 g/mol. The molecule has 0 aliphatic heterocycles. The van der Waals surface area contributed by atoms with Gasteiger partial charge in [0.2, 0.25) is 0 Å². The van der Waals surface area contributed by atoms with Crippen LogP contribution in [-0.4, -0.2) is 16.3 Å². The monoisotopic (exact) mass is 417 g/mol. The predicted molar refractivity (Wildman–Crippen MR) is 130 cm³/mol. The summed E-state index contributed by atoms with van der Waals surface area (Å²) < 4.78 is 7.26. The van der Waals surface area contributed by atoms with Gasteiger partial charge in [-0.05, 0) is 48.9 Å². The third-order valence-electron chi connectivity index (χ3n) is 4.39. The molecule has 1 heterocycles. The number of fused-ring (bicyclic) bond motifs is 1. The first-order chi connectivity index (χ1) is 15.2. The van der Waals surface area contributed by atoms with E-state index in [4.69, 9.17) is 4.74 Å². The molecule has 0 radical (unpaired) electrons. The standard InChI is InChI=1S/C22H19N3O2.2C2H6/c1-16-11-12-17(24-15-27-18-7-3-2-4-8-18)13-21(16)25-14-23-20-10-6-5-9-19(20)22(25)26;2*1-2/h2-14,24H,15H2,1H3;2*1-2H3. The Hall–Kier alpha value is -3.60. The summed E-state index contributed by atoms with van der Waals surface area (Å²) in [5, 5.41) is 3.83. The van der Waals surface area contributed by atoms with E-state index in [-0.39, 0.29) is 5.56 Å². The molecule has 1 N–H and O–H groups in total. The smallest absolute Gasteiger partial charge is 0.265 e. The topological polar surface area (TPSA) is 56.1 Å². The Bertz CT molecular complexity index is 1140. The molecule has 1 aromatic heterocycles. The van der Waals surface area contributed by atoms with Crippen molar-refractivity contribution in [3.8, 4) is 11.4 Å². The molecule has 0 saturated carbocycles. The van der Waals surface area contributed by atoms with Crippen molar-refractivity contribution < 1.29 is 4.74 Å². The van der Waals surface area contributed by atoms with Crippen LogP contribution in [0.25, 0.3) is 16.6 Å². The van der Waals surface area contributed by atoms with Crippen molar-refractivity contribution in [1.29, 1.82) is 0 Å². The molecule has 0 fully saturated rings. The van der Waals surface area contributed by atoms with Gasteiger partial charge in [-0.25, -0.2) is 4.98 Å². The first-order valence-corrected chi connectivity index (χ1v) is 10.7. The zero-order valence-electron chi connectivity index (χ0n) is 18.9. The van der Waals surface area contributed by atoms with E-state index in [1.54, 1.807) is 17.0 Å². The molecule has 0 atom stereocenters. The van der Waals surface area contributed by atoms with Crippen molar-refractivity contribution in [3.05, 3.63) is 95.0 Å². The van der Waals surface area contributed by atoms with Crippen LogP contribution in [0.4, 0.5) is 5.69 Å². The third-order valence-corrected chi connectivity index (χ3v) is 4.39. The summed E-state index contributed by atoms with van der Waals surface area (Å²) in [5.41, 5.74) is 3.27. The average Bonchev–Trinajstić information content (AvgIpc) is 2.84. The Labute approximate surface area is 184 Å². The van der Waals surface area contributed by atoms with Gasteiger partial charge in [-0.1, -0.05) is 64.1 Å². The zero-order valence-corrected chi connectivity index (χ0v) is 18.9. The normalized spacial score (nSPS) is 9.71. The Morgan fingerprint density at radius 3 is 2.32 bits per heavy atom. The molecule has 0 aliphatic carbocycles. The van der Waals surface area contributed by atoms with Gasteiger partial charge in [0.05, 0.1) is 16.6 Å². The van der Waals surface area contributed by atoms with Crippen LogP contribution in [0.1, 0.15) is 33.3 Å². The van der Waals surface area contributed by atoms with Crippen molar-refractivity contribution >= 4 is 16.6 Å². The molecule has 0 unspecified atom stereocenters. The van der Waals surface area contributed by atoms with Gasteiger partial charge < -0.3 is 10.1 Å². The van der Waals surface area contributed by atoms with Crippen LogP contribution in [0.5, 0.6) is 5.75 Å². The Kier molecular flexibility index (Phi) is 9.30. The zero-order chi connectivity index (χ0) is 22.6. The van der Waals surface area contributed by atoms with Gasteiger partial charge >= 0.3 is 0 Å². The molecule has 4 rings (SSSR count). The Morgan fingerprint density at radius 1 is 0.903 bits per heavy atom. The minimum Gasteiger partial charge on any atom is -0.473 e.